The summed E-state index contributed by atoms with van der Waals surface area (Å²) in [7, 11) is 7.16. The Morgan fingerprint density at radius 2 is 1.12 bits per heavy atom. The number of halogens is 1. The molecule has 2 aliphatic rings. The first-order chi connectivity index (χ1) is 48.3. The summed E-state index contributed by atoms with van der Waals surface area (Å²) in [6.45, 7) is -2.07. The second-order valence-corrected chi connectivity index (χ2v) is 28.0. The number of nitrogens with one attached hydrogen (secondary N) is 7. The van der Waals surface area contributed by atoms with Crippen LogP contribution < -0.4 is 38.1 Å². The van der Waals surface area contributed by atoms with Crippen LogP contribution in [0.5, 0.6) is 11.5 Å². The molecule has 10 amide bonds. The summed E-state index contributed by atoms with van der Waals surface area (Å²) >= 11 is 0. The van der Waals surface area contributed by atoms with E-state index in [1.54, 1.807) is 67.0 Å². The first kappa shape index (κ1) is 75.2. The van der Waals surface area contributed by atoms with Crippen molar-refractivity contribution in [1.82, 2.24) is 56.2 Å². The molecular weight excluding hydrogens is 1340 g/mol. The Kier molecular flexibility index (Phi) is 25.6. The fourth-order valence-electron chi connectivity index (χ4n) is 12.2. The number of aromatic amines is 2. The van der Waals surface area contributed by atoms with Crippen LogP contribution in [0.2, 0.25) is 0 Å². The number of carbonyl (C=O) groups is 10. The number of rotatable bonds is 17. The molecule has 15 N–H and O–H groups in total. The van der Waals surface area contributed by atoms with Crippen LogP contribution in [0.15, 0.2) is 134 Å². The summed E-state index contributed by atoms with van der Waals surface area (Å²) in [5.74, 6) is -10.7. The van der Waals surface area contributed by atoms with Gasteiger partial charge in [-0.25, -0.2) is 4.39 Å². The summed E-state index contributed by atoms with van der Waals surface area (Å²) in [6.07, 6.45) is 3.24. The molecule has 30 heteroatoms. The lowest BCUT2D eigenvalue weighted by Gasteiger charge is -2.36. The quantitative estimate of drug-likeness (QED) is 0.0574. The number of amides is 10. The number of nitrogens with zero attached hydrogens (tertiary/aromatic N) is 4. The predicted molar refractivity (Wildman–Crippen MR) is 377 cm³/mol. The molecule has 536 valence electrons. The minimum atomic E-state index is -1.79. The van der Waals surface area contributed by atoms with Crippen molar-refractivity contribution in [1.29, 1.82) is 0 Å². The van der Waals surface area contributed by atoms with Crippen molar-refractivity contribution >= 4 is 102 Å². The third-order valence-corrected chi connectivity index (χ3v) is 20.9. The number of fused-ring (bicyclic) bond motifs is 2. The summed E-state index contributed by atoms with van der Waals surface area (Å²) in [5, 5.41) is 57.6. The Bertz CT molecular complexity index is 4130. The molecule has 1 aliphatic carbocycles. The first-order valence-electron chi connectivity index (χ1n) is 32.8. The zero-order chi connectivity index (χ0) is 72.8. The van der Waals surface area contributed by atoms with Crippen molar-refractivity contribution in [2.45, 2.75) is 112 Å². The molecule has 2 aromatic heterocycles. The monoisotopic (exact) mass is 1430 g/mol. The SMILES string of the molecule is CN1C(=O)[C@H](CO)NC(=O)[C@H](Cc2ccc(O)cc2)NC(=O)[C@@H](N)CSSC[C@@H](C(=O)N(C)[C@@H](Cc2ccc(F)cc2)C(N)=O)N(C)C(=O)[C@H](C2CC2)NC(=O)[C@H](Cc2c[nH]c3ccccc23)NC(=O)[C@H](Cc2c[nH]c3ccc(O)cc23)NC(=O)[C@H](CO)N(C)C(=O)[C@@H]1CCc1ccccc1. The van der Waals surface area contributed by atoms with E-state index in [9.17, 15) is 44.0 Å². The van der Waals surface area contributed by atoms with E-state index < -0.39 is 144 Å². The molecule has 2 fully saturated rings. The van der Waals surface area contributed by atoms with E-state index in [0.29, 0.717) is 56.9 Å². The lowest BCUT2D eigenvalue weighted by atomic mass is 10.00. The maximum atomic E-state index is 15.4. The van der Waals surface area contributed by atoms with Gasteiger partial charge in [0, 0.05) is 99.6 Å². The maximum Gasteiger partial charge on any atom is 0.247 e. The van der Waals surface area contributed by atoms with Crippen LogP contribution in [-0.2, 0) is 80.0 Å². The standard InChI is InChI=1S/C71H84FN13O14S2/c1-82-57(27-18-39-10-6-5-7-11-39)69(97)84(3)59(36-87)67(95)79-54(31-44-34-76-52-26-25-47(89)32-49(44)52)65(93)78-55(30-43-33-75-51-13-9-8-12-48(43)51)66(94)81-61(42-19-20-42)71(99)85(4)60(70(98)83(2)58(62(74)90)29-41-14-21-45(72)22-15-41)38-101-100-37-50(73)63(91)77-53(28-40-16-23-46(88)24-17-40)64(92)80-56(35-86)68(82)96/h5-17,21-26,32-34,42,50,53-61,75-76,86-89H,18-20,27-31,35-38,73H2,1-4H3,(H2,74,90)(H,77,91)(H,78,93)(H,79,95)(H,80,92)(H,81,94)/t50-,53-,54-,55-,56-,57-,58-,59-,60-,61-/m0/s1. The van der Waals surface area contributed by atoms with E-state index in [2.05, 4.69) is 36.6 Å². The molecule has 0 radical (unpaired) electrons. The number of aryl methyl sites for hydroxylation is 1. The number of carbonyl (C=O) groups excluding carboxylic acids is 10. The Balaban J connectivity index is 1.11. The number of primary amides is 1. The zero-order valence-corrected chi connectivity index (χ0v) is 57.7. The molecule has 1 saturated carbocycles. The molecule has 3 heterocycles. The Morgan fingerprint density at radius 1 is 0.574 bits per heavy atom. The number of phenols is 2. The highest BCUT2D eigenvalue weighted by Gasteiger charge is 2.45. The van der Waals surface area contributed by atoms with Gasteiger partial charge in [-0.05, 0) is 108 Å². The number of hydrogen-bond acceptors (Lipinski definition) is 17. The summed E-state index contributed by atoms with van der Waals surface area (Å²) in [5.41, 5.74) is 16.3. The molecule has 10 atom stereocenters. The van der Waals surface area contributed by atoms with Gasteiger partial charge in [0.2, 0.25) is 59.1 Å². The Labute approximate surface area is 589 Å². The number of aromatic nitrogens is 2. The molecule has 7 aromatic rings. The molecule has 5 aromatic carbocycles. The lowest BCUT2D eigenvalue weighted by molar-refractivity contribution is -0.150. The van der Waals surface area contributed by atoms with E-state index in [1.807, 2.05) is 6.07 Å². The lowest BCUT2D eigenvalue weighted by Crippen LogP contribution is -2.62. The zero-order valence-electron chi connectivity index (χ0n) is 56.0. The van der Waals surface area contributed by atoms with Gasteiger partial charge in [0.15, 0.2) is 0 Å². The first-order valence-corrected chi connectivity index (χ1v) is 35.3. The van der Waals surface area contributed by atoms with Crippen molar-refractivity contribution in [3.63, 3.8) is 0 Å². The Hall–Kier alpha value is -10.0. The van der Waals surface area contributed by atoms with Gasteiger partial charge in [-0.1, -0.05) is 94.4 Å². The van der Waals surface area contributed by atoms with E-state index >= 15 is 28.8 Å². The van der Waals surface area contributed by atoms with Crippen molar-refractivity contribution in [2.75, 3.05) is 52.9 Å². The van der Waals surface area contributed by atoms with Crippen LogP contribution in [0.4, 0.5) is 4.39 Å². The van der Waals surface area contributed by atoms with Gasteiger partial charge in [-0.15, -0.1) is 0 Å². The minimum Gasteiger partial charge on any atom is -0.508 e. The molecule has 9 rings (SSSR count). The summed E-state index contributed by atoms with van der Waals surface area (Å²) in [4.78, 5) is 159. The van der Waals surface area contributed by atoms with E-state index in [1.165, 1.54) is 88.9 Å². The number of aromatic hydroxyl groups is 2. The van der Waals surface area contributed by atoms with Gasteiger partial charge in [-0.2, -0.15) is 0 Å². The molecule has 0 unspecified atom stereocenters. The van der Waals surface area contributed by atoms with Crippen molar-refractivity contribution in [2.24, 2.45) is 17.4 Å². The summed E-state index contributed by atoms with van der Waals surface area (Å²) < 4.78 is 14.1. The van der Waals surface area contributed by atoms with Gasteiger partial charge in [0.1, 0.15) is 71.7 Å². The summed E-state index contributed by atoms with van der Waals surface area (Å²) in [6, 6.07) is 16.3. The van der Waals surface area contributed by atoms with Crippen molar-refractivity contribution in [3.8, 4) is 11.5 Å². The second kappa shape index (κ2) is 34.4. The topological polar surface area (TPSA) is 408 Å². The fraction of sp³-hybridized carbons (Fsp3) is 0.380. The van der Waals surface area contributed by atoms with Gasteiger partial charge < -0.3 is 88.0 Å². The van der Waals surface area contributed by atoms with Crippen molar-refractivity contribution < 1.29 is 72.8 Å². The predicted octanol–water partition coefficient (Wildman–Crippen LogP) is 1.44. The number of H-pyrrole nitrogens is 2. The third-order valence-electron chi connectivity index (χ3n) is 18.4. The van der Waals surface area contributed by atoms with Crippen molar-refractivity contribution in [3.05, 3.63) is 167 Å². The van der Waals surface area contributed by atoms with Crippen LogP contribution >= 0.6 is 21.6 Å². The van der Waals surface area contributed by atoms with Gasteiger partial charge in [0.25, 0.3) is 0 Å². The van der Waals surface area contributed by atoms with Gasteiger partial charge in [0.05, 0.1) is 19.3 Å². The Morgan fingerprint density at radius 3 is 1.75 bits per heavy atom. The van der Waals surface area contributed by atoms with Crippen LogP contribution in [-0.4, -0.2) is 222 Å². The number of benzene rings is 5. The molecule has 27 nitrogen and oxygen atoms in total. The van der Waals surface area contributed by atoms with Gasteiger partial charge >= 0.3 is 0 Å². The van der Waals surface area contributed by atoms with Crippen LogP contribution in [0, 0.1) is 11.7 Å². The highest BCUT2D eigenvalue weighted by molar-refractivity contribution is 8.76. The molecule has 101 heavy (non-hydrogen) atoms. The van der Waals surface area contributed by atoms with E-state index in [4.69, 9.17) is 11.5 Å². The maximum absolute atomic E-state index is 15.4. The van der Waals surface area contributed by atoms with Crippen LogP contribution in [0.25, 0.3) is 21.8 Å². The molecule has 1 aliphatic heterocycles. The largest absolute Gasteiger partial charge is 0.508 e. The van der Waals surface area contributed by atoms with E-state index in [0.717, 1.165) is 46.8 Å². The third kappa shape index (κ3) is 19.1. The van der Waals surface area contributed by atoms with Crippen LogP contribution in [0.1, 0.15) is 47.1 Å². The fourth-order valence-corrected chi connectivity index (χ4v) is 14.6. The highest BCUT2D eigenvalue weighted by Crippen LogP contribution is 2.35. The number of phenolic OH excluding ortho intramolecular Hbond substituents is 2. The number of aliphatic hydroxyl groups excluding tert-OH is 2. The minimum absolute atomic E-state index is 0.105. The van der Waals surface area contributed by atoms with E-state index in [-0.39, 0.29) is 61.5 Å². The smallest absolute Gasteiger partial charge is 0.247 e. The number of para-hydroxylation sites is 1. The molecular formula is C71H84FN13O14S2. The number of aliphatic hydroxyl groups is 2. The number of hydrogen-bond donors (Lipinski definition) is 13. The molecule has 1 saturated heterocycles. The average molecular weight is 1430 g/mol. The molecule has 0 spiro atoms. The van der Waals surface area contributed by atoms with Gasteiger partial charge in [-0.3, -0.25) is 47.9 Å². The number of likely N-dealkylation sites (N-methyl/N-ethyl adjacent to an activating group) is 4. The molecule has 0 bridgehead atoms. The highest BCUT2D eigenvalue weighted by atomic mass is 33.1. The van der Waals surface area contributed by atoms with Crippen LogP contribution in [0.3, 0.4) is 0 Å². The number of nitrogens with two attached hydrogens (primary N) is 2. The normalized spacial score (nSPS) is 22.9. The second-order valence-electron chi connectivity index (χ2n) is 25.4. The average Bonchev–Trinajstić information content (AvgIpc) is 1.78.